The molecule has 0 aliphatic heterocycles. The van der Waals surface area contributed by atoms with Crippen molar-refractivity contribution in [1.29, 1.82) is 0 Å². The first kappa shape index (κ1) is 15.6. The van der Waals surface area contributed by atoms with Gasteiger partial charge in [-0.15, -0.1) is 0 Å². The zero-order valence-corrected chi connectivity index (χ0v) is 11.4. The number of carbonyl (C=O) groups excluding carboxylic acids is 1. The number of halogens is 2. The molecule has 1 atom stereocenters. The van der Waals surface area contributed by atoms with Gasteiger partial charge in [0.2, 0.25) is 0 Å². The molecular weight excluding hydrogens is 252 g/mol. The van der Waals surface area contributed by atoms with Gasteiger partial charge in [-0.25, -0.2) is 13.6 Å². The number of nitrogens with one attached hydrogen (secondary N) is 1. The minimum absolute atomic E-state index is 0.0286. The molecule has 0 aliphatic rings. The molecular formula is C14H19F2NO2. The third-order valence-corrected chi connectivity index (χ3v) is 2.54. The third kappa shape index (κ3) is 4.28. The van der Waals surface area contributed by atoms with Gasteiger partial charge in [0.05, 0.1) is 6.61 Å². The van der Waals surface area contributed by atoms with E-state index in [0.29, 0.717) is 6.54 Å². The van der Waals surface area contributed by atoms with E-state index in [2.05, 4.69) is 5.32 Å². The Morgan fingerprint density at radius 1 is 1.37 bits per heavy atom. The van der Waals surface area contributed by atoms with Crippen LogP contribution < -0.4 is 5.32 Å². The Balaban J connectivity index is 3.00. The van der Waals surface area contributed by atoms with Gasteiger partial charge in [0.15, 0.2) is 11.6 Å². The molecule has 1 unspecified atom stereocenters. The molecule has 0 amide bonds. The maximum absolute atomic E-state index is 13.8. The van der Waals surface area contributed by atoms with Crippen LogP contribution in [0.2, 0.25) is 0 Å². The quantitative estimate of drug-likeness (QED) is 0.809. The first-order valence-corrected chi connectivity index (χ1v) is 6.31. The summed E-state index contributed by atoms with van der Waals surface area (Å²) in [6, 6.07) is 2.78. The number of carbonyl (C=O) groups is 1. The van der Waals surface area contributed by atoms with Crippen molar-refractivity contribution in [2.75, 3.05) is 13.2 Å². The van der Waals surface area contributed by atoms with E-state index in [1.807, 2.05) is 13.8 Å². The van der Waals surface area contributed by atoms with Crippen LogP contribution in [0.5, 0.6) is 0 Å². The molecule has 0 bridgehead atoms. The van der Waals surface area contributed by atoms with Crippen LogP contribution in [0.25, 0.3) is 0 Å². The molecule has 0 heterocycles. The Kier molecular flexibility index (Phi) is 5.89. The van der Waals surface area contributed by atoms with E-state index in [4.69, 9.17) is 4.74 Å². The van der Waals surface area contributed by atoms with Gasteiger partial charge in [-0.1, -0.05) is 26.0 Å². The summed E-state index contributed by atoms with van der Waals surface area (Å²) in [5, 5.41) is 2.91. The number of rotatable bonds is 6. The summed E-state index contributed by atoms with van der Waals surface area (Å²) in [7, 11) is 0. The molecule has 0 saturated carbocycles. The van der Waals surface area contributed by atoms with Crippen molar-refractivity contribution < 1.29 is 18.3 Å². The lowest BCUT2D eigenvalue weighted by Crippen LogP contribution is -2.33. The fourth-order valence-corrected chi connectivity index (χ4v) is 1.64. The fraction of sp³-hybridized carbons (Fsp3) is 0.500. The van der Waals surface area contributed by atoms with Crippen LogP contribution in [-0.2, 0) is 9.53 Å². The van der Waals surface area contributed by atoms with Crippen molar-refractivity contribution in [3.63, 3.8) is 0 Å². The van der Waals surface area contributed by atoms with Crippen LogP contribution in [0.3, 0.4) is 0 Å². The van der Waals surface area contributed by atoms with Gasteiger partial charge in [-0.2, -0.15) is 0 Å². The third-order valence-electron chi connectivity index (χ3n) is 2.54. The van der Waals surface area contributed by atoms with Crippen molar-refractivity contribution >= 4 is 5.97 Å². The van der Waals surface area contributed by atoms with E-state index in [1.165, 1.54) is 12.1 Å². The average molecular weight is 271 g/mol. The second-order valence-electron chi connectivity index (χ2n) is 4.63. The predicted molar refractivity (Wildman–Crippen MR) is 68.6 cm³/mol. The SMILES string of the molecule is CCOC(=O)C(NCC(C)C)c1cccc(F)c1F. The molecule has 3 nitrogen and oxygen atoms in total. The molecule has 0 spiro atoms. The molecule has 106 valence electrons. The number of hydrogen-bond acceptors (Lipinski definition) is 3. The van der Waals surface area contributed by atoms with Crippen LogP contribution in [0.4, 0.5) is 8.78 Å². The topological polar surface area (TPSA) is 38.3 Å². The zero-order valence-electron chi connectivity index (χ0n) is 11.4. The molecule has 5 heteroatoms. The molecule has 19 heavy (non-hydrogen) atoms. The lowest BCUT2D eigenvalue weighted by molar-refractivity contribution is -0.146. The van der Waals surface area contributed by atoms with E-state index < -0.39 is 23.6 Å². The molecule has 0 radical (unpaired) electrons. The summed E-state index contributed by atoms with van der Waals surface area (Å²) in [4.78, 5) is 11.8. The fourth-order valence-electron chi connectivity index (χ4n) is 1.64. The van der Waals surface area contributed by atoms with Gasteiger partial charge in [-0.05, 0) is 25.5 Å². The van der Waals surface area contributed by atoms with Crippen molar-refractivity contribution in [2.24, 2.45) is 5.92 Å². The summed E-state index contributed by atoms with van der Waals surface area (Å²) in [5.41, 5.74) is -0.0286. The van der Waals surface area contributed by atoms with E-state index in [9.17, 15) is 13.6 Å². The Labute approximate surface area is 112 Å². The van der Waals surface area contributed by atoms with Crippen LogP contribution in [-0.4, -0.2) is 19.1 Å². The van der Waals surface area contributed by atoms with Crippen LogP contribution in [0.1, 0.15) is 32.4 Å². The maximum Gasteiger partial charge on any atom is 0.327 e. The predicted octanol–water partition coefficient (Wildman–Crippen LogP) is 2.81. The number of hydrogen-bond donors (Lipinski definition) is 1. The summed E-state index contributed by atoms with van der Waals surface area (Å²) >= 11 is 0. The Bertz CT molecular complexity index is 435. The second kappa shape index (κ2) is 7.19. The maximum atomic E-state index is 13.8. The molecule has 0 aliphatic carbocycles. The molecule has 1 rings (SSSR count). The van der Waals surface area contributed by atoms with Crippen molar-refractivity contribution in [3.05, 3.63) is 35.4 Å². The summed E-state index contributed by atoms with van der Waals surface area (Å²) in [6.07, 6.45) is 0. The van der Waals surface area contributed by atoms with Gasteiger partial charge in [0, 0.05) is 5.56 Å². The monoisotopic (exact) mass is 271 g/mol. The van der Waals surface area contributed by atoms with Crippen molar-refractivity contribution in [3.8, 4) is 0 Å². The largest absolute Gasteiger partial charge is 0.465 e. The van der Waals surface area contributed by atoms with Gasteiger partial charge in [0.1, 0.15) is 6.04 Å². The lowest BCUT2D eigenvalue weighted by Gasteiger charge is -2.19. The highest BCUT2D eigenvalue weighted by Crippen LogP contribution is 2.21. The van der Waals surface area contributed by atoms with Crippen LogP contribution >= 0.6 is 0 Å². The number of benzene rings is 1. The first-order chi connectivity index (χ1) is 8.97. The Morgan fingerprint density at radius 2 is 2.05 bits per heavy atom. The highest BCUT2D eigenvalue weighted by atomic mass is 19.2. The van der Waals surface area contributed by atoms with Crippen LogP contribution in [0.15, 0.2) is 18.2 Å². The normalized spacial score (nSPS) is 12.5. The standard InChI is InChI=1S/C14H19F2NO2/c1-4-19-14(18)13(17-8-9(2)3)10-6-5-7-11(15)12(10)16/h5-7,9,13,17H,4,8H2,1-3H3. The van der Waals surface area contributed by atoms with E-state index in [0.717, 1.165) is 6.07 Å². The lowest BCUT2D eigenvalue weighted by atomic mass is 10.0. The molecule has 0 saturated heterocycles. The second-order valence-corrected chi connectivity index (χ2v) is 4.63. The summed E-state index contributed by atoms with van der Waals surface area (Å²) < 4.78 is 31.9. The van der Waals surface area contributed by atoms with Crippen LogP contribution in [0, 0.1) is 17.6 Å². The first-order valence-electron chi connectivity index (χ1n) is 6.31. The van der Waals surface area contributed by atoms with E-state index in [-0.39, 0.29) is 18.1 Å². The van der Waals surface area contributed by atoms with Gasteiger partial charge >= 0.3 is 5.97 Å². The highest BCUT2D eigenvalue weighted by Gasteiger charge is 2.26. The number of esters is 1. The number of ether oxygens (including phenoxy) is 1. The Morgan fingerprint density at radius 3 is 2.63 bits per heavy atom. The van der Waals surface area contributed by atoms with Crippen molar-refractivity contribution in [2.45, 2.75) is 26.8 Å². The molecule has 0 aromatic heterocycles. The minimum atomic E-state index is -1.02. The van der Waals surface area contributed by atoms with Gasteiger partial charge in [-0.3, -0.25) is 0 Å². The minimum Gasteiger partial charge on any atom is -0.465 e. The molecule has 0 fully saturated rings. The van der Waals surface area contributed by atoms with Gasteiger partial charge < -0.3 is 10.1 Å². The average Bonchev–Trinajstić information content (AvgIpc) is 2.34. The summed E-state index contributed by atoms with van der Waals surface area (Å²) in [5.74, 6) is -2.32. The summed E-state index contributed by atoms with van der Waals surface area (Å²) in [6.45, 7) is 6.27. The molecule has 1 N–H and O–H groups in total. The molecule has 1 aromatic carbocycles. The van der Waals surface area contributed by atoms with E-state index in [1.54, 1.807) is 6.92 Å². The van der Waals surface area contributed by atoms with Crippen molar-refractivity contribution in [1.82, 2.24) is 5.32 Å². The smallest absolute Gasteiger partial charge is 0.327 e. The highest BCUT2D eigenvalue weighted by molar-refractivity contribution is 5.77. The van der Waals surface area contributed by atoms with E-state index >= 15 is 0 Å². The molecule has 1 aromatic rings. The Hall–Kier alpha value is -1.49. The van der Waals surface area contributed by atoms with Gasteiger partial charge in [0.25, 0.3) is 0 Å². The zero-order chi connectivity index (χ0) is 14.4.